The van der Waals surface area contributed by atoms with E-state index in [1.807, 2.05) is 0 Å². The van der Waals surface area contributed by atoms with Crippen molar-refractivity contribution in [1.29, 1.82) is 0 Å². The normalized spacial score (nSPS) is 23.9. The van der Waals surface area contributed by atoms with E-state index >= 15 is 0 Å². The van der Waals surface area contributed by atoms with Crippen LogP contribution in [0.1, 0.15) is 42.5 Å². The summed E-state index contributed by atoms with van der Waals surface area (Å²) in [7, 11) is 0. The van der Waals surface area contributed by atoms with E-state index in [-0.39, 0.29) is 29.7 Å². The summed E-state index contributed by atoms with van der Waals surface area (Å²) in [4.78, 5) is 40.7. The van der Waals surface area contributed by atoms with Gasteiger partial charge in [0.05, 0.1) is 24.7 Å². The van der Waals surface area contributed by atoms with Crippen LogP contribution in [0, 0.1) is 10.1 Å². The molecule has 2 heterocycles. The van der Waals surface area contributed by atoms with Gasteiger partial charge in [0.2, 0.25) is 5.91 Å². The fraction of sp³-hybridized carbons (Fsp3) is 0.600. The van der Waals surface area contributed by atoms with Crippen LogP contribution in [0.25, 0.3) is 0 Å². The maximum Gasteiger partial charge on any atom is 0.270 e. The zero-order valence-electron chi connectivity index (χ0n) is 16.2. The summed E-state index contributed by atoms with van der Waals surface area (Å²) >= 11 is 0. The number of nitrogens with zero attached hydrogens (tertiary/aromatic N) is 3. The van der Waals surface area contributed by atoms with Gasteiger partial charge in [0.25, 0.3) is 11.6 Å². The van der Waals surface area contributed by atoms with Crippen molar-refractivity contribution >= 4 is 17.5 Å². The molecule has 2 saturated heterocycles. The molecule has 156 valence electrons. The number of amides is 2. The Morgan fingerprint density at radius 3 is 2.55 bits per heavy atom. The standard InChI is InChI=1S/C20H25N3O6/c24-18(15-5-4-6-16(13-15)23(26)27)22-17(19(25)21-9-11-28-12-10-21)14-29-20(22)7-2-1-3-8-20/h4-6,13,17H,1-3,7-12,14H2/t17-/m1/s1. The van der Waals surface area contributed by atoms with Gasteiger partial charge in [-0.25, -0.2) is 0 Å². The van der Waals surface area contributed by atoms with Gasteiger partial charge in [-0.1, -0.05) is 12.5 Å². The Labute approximate surface area is 168 Å². The van der Waals surface area contributed by atoms with Gasteiger partial charge in [0.1, 0.15) is 11.8 Å². The lowest BCUT2D eigenvalue weighted by atomic mass is 9.89. The van der Waals surface area contributed by atoms with Crippen molar-refractivity contribution in [3.8, 4) is 0 Å². The molecule has 29 heavy (non-hydrogen) atoms. The van der Waals surface area contributed by atoms with E-state index in [1.54, 1.807) is 15.9 Å². The molecule has 9 nitrogen and oxygen atoms in total. The van der Waals surface area contributed by atoms with E-state index in [4.69, 9.17) is 9.47 Å². The molecule has 3 fully saturated rings. The number of non-ortho nitro benzene ring substituents is 1. The van der Waals surface area contributed by atoms with E-state index in [0.29, 0.717) is 39.1 Å². The molecule has 1 saturated carbocycles. The molecule has 1 aromatic carbocycles. The molecule has 0 radical (unpaired) electrons. The van der Waals surface area contributed by atoms with Crippen LogP contribution in [0.5, 0.6) is 0 Å². The van der Waals surface area contributed by atoms with Gasteiger partial charge < -0.3 is 14.4 Å². The predicted octanol–water partition coefficient (Wildman–Crippen LogP) is 1.96. The molecule has 9 heteroatoms. The molecule has 1 spiro atoms. The zero-order valence-corrected chi connectivity index (χ0v) is 16.2. The third kappa shape index (κ3) is 3.72. The highest BCUT2D eigenvalue weighted by atomic mass is 16.6. The molecule has 0 unspecified atom stereocenters. The third-order valence-corrected chi connectivity index (χ3v) is 6.03. The highest BCUT2D eigenvalue weighted by Crippen LogP contribution is 2.42. The highest BCUT2D eigenvalue weighted by molar-refractivity contribution is 5.99. The second-order valence-electron chi connectivity index (χ2n) is 7.75. The molecule has 2 aliphatic heterocycles. The minimum Gasteiger partial charge on any atom is -0.378 e. The van der Waals surface area contributed by atoms with E-state index in [0.717, 1.165) is 19.3 Å². The Hall–Kier alpha value is -2.52. The first-order valence-electron chi connectivity index (χ1n) is 10.1. The van der Waals surface area contributed by atoms with Crippen LogP contribution in [0.3, 0.4) is 0 Å². The summed E-state index contributed by atoms with van der Waals surface area (Å²) in [6, 6.07) is 4.95. The molecule has 4 rings (SSSR count). The van der Waals surface area contributed by atoms with Crippen LogP contribution < -0.4 is 0 Å². The Morgan fingerprint density at radius 2 is 1.86 bits per heavy atom. The average molecular weight is 403 g/mol. The Morgan fingerprint density at radius 1 is 1.14 bits per heavy atom. The van der Waals surface area contributed by atoms with Crippen molar-refractivity contribution in [3.05, 3.63) is 39.9 Å². The van der Waals surface area contributed by atoms with Crippen LogP contribution in [-0.4, -0.2) is 71.2 Å². The summed E-state index contributed by atoms with van der Waals surface area (Å²) < 4.78 is 11.5. The van der Waals surface area contributed by atoms with Crippen LogP contribution >= 0.6 is 0 Å². The first kappa shape index (κ1) is 19.8. The Bertz CT molecular complexity index is 801. The molecule has 1 aromatic rings. The lowest BCUT2D eigenvalue weighted by molar-refractivity contribution is -0.384. The quantitative estimate of drug-likeness (QED) is 0.565. The van der Waals surface area contributed by atoms with Crippen molar-refractivity contribution < 1.29 is 24.0 Å². The van der Waals surface area contributed by atoms with Crippen molar-refractivity contribution in [2.45, 2.75) is 43.9 Å². The van der Waals surface area contributed by atoms with Gasteiger partial charge in [0.15, 0.2) is 0 Å². The number of benzene rings is 1. The number of carbonyl (C=O) groups excluding carboxylic acids is 2. The molecule has 3 aliphatic rings. The van der Waals surface area contributed by atoms with Crippen molar-refractivity contribution in [1.82, 2.24) is 9.80 Å². The van der Waals surface area contributed by atoms with Crippen LogP contribution in [-0.2, 0) is 14.3 Å². The molecule has 0 N–H and O–H groups in total. The fourth-order valence-electron chi connectivity index (χ4n) is 4.55. The monoisotopic (exact) mass is 403 g/mol. The molecule has 0 bridgehead atoms. The van der Waals surface area contributed by atoms with Crippen molar-refractivity contribution in [2.75, 3.05) is 32.9 Å². The number of hydrogen-bond donors (Lipinski definition) is 0. The van der Waals surface area contributed by atoms with E-state index < -0.39 is 16.7 Å². The zero-order chi connectivity index (χ0) is 20.4. The average Bonchev–Trinajstić information content (AvgIpc) is 3.12. The second-order valence-corrected chi connectivity index (χ2v) is 7.75. The van der Waals surface area contributed by atoms with Gasteiger partial charge in [-0.05, 0) is 31.7 Å². The fourth-order valence-corrected chi connectivity index (χ4v) is 4.55. The number of rotatable bonds is 3. The maximum atomic E-state index is 13.5. The predicted molar refractivity (Wildman–Crippen MR) is 102 cm³/mol. The molecule has 2 amide bonds. The number of carbonyl (C=O) groups is 2. The van der Waals surface area contributed by atoms with Crippen LogP contribution in [0.4, 0.5) is 5.69 Å². The van der Waals surface area contributed by atoms with E-state index in [9.17, 15) is 19.7 Å². The largest absolute Gasteiger partial charge is 0.378 e. The lowest BCUT2D eigenvalue weighted by Gasteiger charge is -2.42. The topological polar surface area (TPSA) is 102 Å². The summed E-state index contributed by atoms with van der Waals surface area (Å²) in [5.74, 6) is -0.533. The van der Waals surface area contributed by atoms with E-state index in [2.05, 4.69) is 0 Å². The Balaban J connectivity index is 1.67. The first-order valence-corrected chi connectivity index (χ1v) is 10.1. The van der Waals surface area contributed by atoms with Crippen LogP contribution in [0.15, 0.2) is 24.3 Å². The number of nitro groups is 1. The summed E-state index contributed by atoms with van der Waals surface area (Å²) in [5.41, 5.74) is -0.758. The minimum absolute atomic E-state index is 0.144. The SMILES string of the molecule is O=C([C@H]1COC2(CCCCC2)N1C(=O)c1cccc([N+](=O)[O-])c1)N1CCOCC1. The van der Waals surface area contributed by atoms with Crippen molar-refractivity contribution in [2.24, 2.45) is 0 Å². The number of morpholine rings is 1. The van der Waals surface area contributed by atoms with Gasteiger partial charge in [-0.3, -0.25) is 24.6 Å². The molecular weight excluding hydrogens is 378 g/mol. The maximum absolute atomic E-state index is 13.5. The lowest BCUT2D eigenvalue weighted by Crippen LogP contribution is -2.58. The number of nitro benzene ring substituents is 1. The summed E-state index contributed by atoms with van der Waals surface area (Å²) in [6.07, 6.45) is 4.22. The highest BCUT2D eigenvalue weighted by Gasteiger charge is 2.53. The molecule has 0 aromatic heterocycles. The molecule has 1 atom stereocenters. The van der Waals surface area contributed by atoms with E-state index in [1.165, 1.54) is 18.2 Å². The summed E-state index contributed by atoms with van der Waals surface area (Å²) in [5, 5.41) is 11.2. The van der Waals surface area contributed by atoms with Gasteiger partial charge in [-0.15, -0.1) is 0 Å². The summed E-state index contributed by atoms with van der Waals surface area (Å²) in [6.45, 7) is 2.08. The molecule has 1 aliphatic carbocycles. The number of hydrogen-bond acceptors (Lipinski definition) is 6. The number of ether oxygens (including phenoxy) is 2. The third-order valence-electron chi connectivity index (χ3n) is 6.03. The van der Waals surface area contributed by atoms with Gasteiger partial charge >= 0.3 is 0 Å². The first-order chi connectivity index (χ1) is 14.0. The van der Waals surface area contributed by atoms with Gasteiger partial charge in [-0.2, -0.15) is 0 Å². The smallest absolute Gasteiger partial charge is 0.270 e. The van der Waals surface area contributed by atoms with Gasteiger partial charge in [0, 0.05) is 30.8 Å². The molecular formula is C20H25N3O6. The van der Waals surface area contributed by atoms with Crippen molar-refractivity contribution in [3.63, 3.8) is 0 Å². The Kier molecular flexibility index (Phi) is 5.51. The minimum atomic E-state index is -0.813. The second kappa shape index (κ2) is 8.08. The van der Waals surface area contributed by atoms with Crippen LogP contribution in [0.2, 0.25) is 0 Å².